The summed E-state index contributed by atoms with van der Waals surface area (Å²) in [4.78, 5) is 0. The number of rotatable bonds is 9. The maximum Gasteiger partial charge on any atom is 0.161 e. The number of benzene rings is 3. The zero-order valence-corrected chi connectivity index (χ0v) is 17.4. The predicted octanol–water partition coefficient (Wildman–Crippen LogP) is 6.31. The second-order valence-corrected chi connectivity index (χ2v) is 7.16. The van der Waals surface area contributed by atoms with Crippen LogP contribution in [-0.2, 0) is 13.2 Å². The average molecular weight is 414 g/mol. The standard InChI is InChI=1S/C24H25ClFNO2/c1-3-28-24-13-18(15-27-17(2)19-7-5-4-6-8-19)9-12-23(24)29-16-20-10-11-21(26)14-22(20)25/h4-14,17,27H,3,15-16H2,1-2H3/t17-/m0/s1. The second kappa shape index (κ2) is 10.3. The molecule has 0 aliphatic carbocycles. The van der Waals surface area contributed by atoms with Crippen molar-refractivity contribution in [3.8, 4) is 11.5 Å². The Kier molecular flexibility index (Phi) is 7.50. The summed E-state index contributed by atoms with van der Waals surface area (Å²) in [5.74, 6) is 0.944. The number of hydrogen-bond acceptors (Lipinski definition) is 3. The fourth-order valence-electron chi connectivity index (χ4n) is 2.97. The van der Waals surface area contributed by atoms with E-state index in [1.165, 1.54) is 17.7 Å². The summed E-state index contributed by atoms with van der Waals surface area (Å²) in [6.45, 7) is 5.55. The Morgan fingerprint density at radius 1 is 0.966 bits per heavy atom. The van der Waals surface area contributed by atoms with Gasteiger partial charge in [0, 0.05) is 18.2 Å². The number of nitrogens with one attached hydrogen (secondary N) is 1. The topological polar surface area (TPSA) is 30.5 Å². The fraction of sp³-hybridized carbons (Fsp3) is 0.250. The first-order chi connectivity index (χ1) is 14.1. The SMILES string of the molecule is CCOc1cc(CN[C@@H](C)c2ccccc2)ccc1OCc1ccc(F)cc1Cl. The van der Waals surface area contributed by atoms with E-state index in [0.717, 1.165) is 11.1 Å². The van der Waals surface area contributed by atoms with E-state index in [1.54, 1.807) is 6.07 Å². The molecule has 0 saturated carbocycles. The van der Waals surface area contributed by atoms with E-state index in [1.807, 2.05) is 43.3 Å². The van der Waals surface area contributed by atoms with Gasteiger partial charge in [-0.25, -0.2) is 4.39 Å². The molecular formula is C24H25ClFNO2. The molecule has 0 aromatic heterocycles. The maximum absolute atomic E-state index is 13.2. The molecule has 1 atom stereocenters. The van der Waals surface area contributed by atoms with Crippen molar-refractivity contribution in [3.05, 3.63) is 94.3 Å². The largest absolute Gasteiger partial charge is 0.490 e. The molecule has 3 nitrogen and oxygen atoms in total. The van der Waals surface area contributed by atoms with Gasteiger partial charge in [-0.05, 0) is 49.2 Å². The third kappa shape index (κ3) is 5.96. The summed E-state index contributed by atoms with van der Waals surface area (Å²) in [5, 5.41) is 3.87. The van der Waals surface area contributed by atoms with Gasteiger partial charge in [-0.1, -0.05) is 54.1 Å². The molecule has 29 heavy (non-hydrogen) atoms. The van der Waals surface area contributed by atoms with E-state index in [4.69, 9.17) is 21.1 Å². The van der Waals surface area contributed by atoms with E-state index in [2.05, 4.69) is 24.4 Å². The van der Waals surface area contributed by atoms with Crippen LogP contribution in [0.2, 0.25) is 5.02 Å². The van der Waals surface area contributed by atoms with Crippen molar-refractivity contribution in [3.63, 3.8) is 0 Å². The molecule has 0 amide bonds. The Bertz CT molecular complexity index is 933. The van der Waals surface area contributed by atoms with Crippen LogP contribution in [0, 0.1) is 5.82 Å². The third-order valence-electron chi connectivity index (χ3n) is 4.62. The molecule has 0 aliphatic heterocycles. The summed E-state index contributed by atoms with van der Waals surface area (Å²) in [6.07, 6.45) is 0. The van der Waals surface area contributed by atoms with Crippen LogP contribution < -0.4 is 14.8 Å². The van der Waals surface area contributed by atoms with E-state index in [0.29, 0.717) is 29.7 Å². The molecule has 0 saturated heterocycles. The zero-order valence-electron chi connectivity index (χ0n) is 16.6. The van der Waals surface area contributed by atoms with Crippen LogP contribution in [0.3, 0.4) is 0 Å². The van der Waals surface area contributed by atoms with Crippen molar-refractivity contribution in [2.24, 2.45) is 0 Å². The van der Waals surface area contributed by atoms with Crippen molar-refractivity contribution in [1.29, 1.82) is 0 Å². The van der Waals surface area contributed by atoms with Crippen LogP contribution in [-0.4, -0.2) is 6.61 Å². The molecule has 0 fully saturated rings. The van der Waals surface area contributed by atoms with Crippen molar-refractivity contribution in [2.45, 2.75) is 33.0 Å². The number of halogens is 2. The number of ether oxygens (including phenoxy) is 2. The van der Waals surface area contributed by atoms with Gasteiger partial charge in [0.2, 0.25) is 0 Å². The molecule has 152 valence electrons. The summed E-state index contributed by atoms with van der Waals surface area (Å²) >= 11 is 6.08. The molecule has 0 spiro atoms. The van der Waals surface area contributed by atoms with Gasteiger partial charge in [0.15, 0.2) is 11.5 Å². The normalized spacial score (nSPS) is 11.9. The second-order valence-electron chi connectivity index (χ2n) is 6.75. The Morgan fingerprint density at radius 2 is 1.76 bits per heavy atom. The molecule has 0 unspecified atom stereocenters. The predicted molar refractivity (Wildman–Crippen MR) is 115 cm³/mol. The minimum atomic E-state index is -0.365. The van der Waals surface area contributed by atoms with Crippen LogP contribution in [0.4, 0.5) is 4.39 Å². The molecule has 1 N–H and O–H groups in total. The highest BCUT2D eigenvalue weighted by molar-refractivity contribution is 6.31. The molecule has 0 bridgehead atoms. The minimum absolute atomic E-state index is 0.238. The highest BCUT2D eigenvalue weighted by Crippen LogP contribution is 2.30. The molecular weight excluding hydrogens is 389 g/mol. The first-order valence-corrected chi connectivity index (χ1v) is 10.1. The molecule has 5 heteroatoms. The number of hydrogen-bond donors (Lipinski definition) is 1. The first kappa shape index (κ1) is 21.2. The summed E-state index contributed by atoms with van der Waals surface area (Å²) in [5.41, 5.74) is 3.06. The summed E-state index contributed by atoms with van der Waals surface area (Å²) in [7, 11) is 0. The molecule has 0 aliphatic rings. The van der Waals surface area contributed by atoms with Gasteiger partial charge in [-0.3, -0.25) is 0 Å². The van der Waals surface area contributed by atoms with Crippen LogP contribution in [0.25, 0.3) is 0 Å². The lowest BCUT2D eigenvalue weighted by atomic mass is 10.1. The van der Waals surface area contributed by atoms with Crippen molar-refractivity contribution in [1.82, 2.24) is 5.32 Å². The van der Waals surface area contributed by atoms with Gasteiger partial charge < -0.3 is 14.8 Å². The average Bonchev–Trinajstić information content (AvgIpc) is 2.73. The fourth-order valence-corrected chi connectivity index (χ4v) is 3.20. The smallest absolute Gasteiger partial charge is 0.161 e. The highest BCUT2D eigenvalue weighted by Gasteiger charge is 2.10. The van der Waals surface area contributed by atoms with Gasteiger partial charge in [0.05, 0.1) is 11.6 Å². The quantitative estimate of drug-likeness (QED) is 0.446. The Balaban J connectivity index is 1.66. The Hall–Kier alpha value is -2.56. The zero-order chi connectivity index (χ0) is 20.6. The maximum atomic E-state index is 13.2. The lowest BCUT2D eigenvalue weighted by Gasteiger charge is -2.17. The lowest BCUT2D eigenvalue weighted by Crippen LogP contribution is -2.18. The van der Waals surface area contributed by atoms with E-state index >= 15 is 0 Å². The van der Waals surface area contributed by atoms with E-state index < -0.39 is 0 Å². The molecule has 3 rings (SSSR count). The highest BCUT2D eigenvalue weighted by atomic mass is 35.5. The molecule has 3 aromatic carbocycles. The monoisotopic (exact) mass is 413 g/mol. The molecule has 0 heterocycles. The van der Waals surface area contributed by atoms with Crippen molar-refractivity contribution >= 4 is 11.6 Å². The van der Waals surface area contributed by atoms with E-state index in [-0.39, 0.29) is 18.5 Å². The molecule has 3 aromatic rings. The van der Waals surface area contributed by atoms with Gasteiger partial charge in [-0.2, -0.15) is 0 Å². The first-order valence-electron chi connectivity index (χ1n) is 9.67. The Labute approximate surface area is 176 Å². The van der Waals surface area contributed by atoms with Crippen molar-refractivity contribution < 1.29 is 13.9 Å². The van der Waals surface area contributed by atoms with Crippen LogP contribution >= 0.6 is 11.6 Å². The van der Waals surface area contributed by atoms with Crippen molar-refractivity contribution in [2.75, 3.05) is 6.61 Å². The van der Waals surface area contributed by atoms with Gasteiger partial charge in [0.1, 0.15) is 12.4 Å². The minimum Gasteiger partial charge on any atom is -0.490 e. The molecule has 0 radical (unpaired) electrons. The van der Waals surface area contributed by atoms with Gasteiger partial charge >= 0.3 is 0 Å². The van der Waals surface area contributed by atoms with Crippen LogP contribution in [0.15, 0.2) is 66.7 Å². The summed E-state index contributed by atoms with van der Waals surface area (Å²) < 4.78 is 24.9. The third-order valence-corrected chi connectivity index (χ3v) is 4.97. The summed E-state index contributed by atoms with van der Waals surface area (Å²) in [6, 6.07) is 20.7. The van der Waals surface area contributed by atoms with E-state index in [9.17, 15) is 4.39 Å². The van der Waals surface area contributed by atoms with Gasteiger partial charge in [0.25, 0.3) is 0 Å². The Morgan fingerprint density at radius 3 is 2.48 bits per heavy atom. The lowest BCUT2D eigenvalue weighted by molar-refractivity contribution is 0.269. The van der Waals surface area contributed by atoms with Crippen LogP contribution in [0.5, 0.6) is 11.5 Å². The van der Waals surface area contributed by atoms with Crippen LogP contribution in [0.1, 0.15) is 36.6 Å². The van der Waals surface area contributed by atoms with Gasteiger partial charge in [-0.15, -0.1) is 0 Å².